The maximum Gasteiger partial charge on any atom is 0.251 e. The third-order valence-corrected chi connectivity index (χ3v) is 4.73. The van der Waals surface area contributed by atoms with E-state index < -0.39 is 8.32 Å². The summed E-state index contributed by atoms with van der Waals surface area (Å²) in [4.78, 5) is 12.4. The van der Waals surface area contributed by atoms with Gasteiger partial charge >= 0.3 is 0 Å². The van der Waals surface area contributed by atoms with E-state index in [2.05, 4.69) is 46.6 Å². The monoisotopic (exact) mass is 337 g/mol. The van der Waals surface area contributed by atoms with Crippen molar-refractivity contribution in [1.82, 2.24) is 5.32 Å². The van der Waals surface area contributed by atoms with E-state index >= 15 is 0 Å². The Labute approximate surface area is 135 Å². The average molecular weight is 337 g/mol. The lowest BCUT2D eigenvalue weighted by molar-refractivity contribution is 0.0857. The lowest BCUT2D eigenvalue weighted by Crippen LogP contribution is -2.48. The van der Waals surface area contributed by atoms with Crippen molar-refractivity contribution in [2.24, 2.45) is 0 Å². The van der Waals surface area contributed by atoms with Crippen molar-refractivity contribution in [2.45, 2.75) is 44.6 Å². The van der Waals surface area contributed by atoms with E-state index in [0.29, 0.717) is 11.3 Å². The molecule has 1 aliphatic carbocycles. The van der Waals surface area contributed by atoms with Crippen LogP contribution in [-0.4, -0.2) is 26.4 Å². The summed E-state index contributed by atoms with van der Waals surface area (Å²) in [5, 5.41) is 3.11. The number of benzene rings is 1. The van der Waals surface area contributed by atoms with Crippen molar-refractivity contribution < 1.29 is 13.7 Å². The Morgan fingerprint density at radius 2 is 1.82 bits per heavy atom. The first-order chi connectivity index (χ1) is 10.4. The highest BCUT2D eigenvalue weighted by Crippen LogP contribution is 2.21. The van der Waals surface area contributed by atoms with Crippen molar-refractivity contribution in [3.05, 3.63) is 42.0 Å². The van der Waals surface area contributed by atoms with Gasteiger partial charge in [0.25, 0.3) is 5.91 Å². The summed E-state index contributed by atoms with van der Waals surface area (Å²) in [6.45, 7) is 6.52. The fraction of sp³-hybridized carbons (Fsp3) is 0.438. The second kappa shape index (κ2) is 7.40. The van der Waals surface area contributed by atoms with E-state index in [9.17, 15) is 4.79 Å². The van der Waals surface area contributed by atoms with Crippen LogP contribution in [0.4, 0.5) is 0 Å². The molecule has 6 heteroatoms. The van der Waals surface area contributed by atoms with Gasteiger partial charge in [-0.05, 0) is 56.7 Å². The summed E-state index contributed by atoms with van der Waals surface area (Å²) >= 11 is 0. The Morgan fingerprint density at radius 1 is 1.18 bits per heavy atom. The van der Waals surface area contributed by atoms with Gasteiger partial charge in [-0.1, -0.05) is 12.2 Å². The zero-order valence-electron chi connectivity index (χ0n) is 13.3. The van der Waals surface area contributed by atoms with Crippen LogP contribution in [0.1, 0.15) is 23.2 Å². The van der Waals surface area contributed by atoms with E-state index in [-0.39, 0.29) is 18.1 Å². The van der Waals surface area contributed by atoms with Gasteiger partial charge in [0.2, 0.25) is 0 Å². The van der Waals surface area contributed by atoms with Gasteiger partial charge in [-0.15, -0.1) is 0 Å². The molecule has 1 aromatic carbocycles. The molecule has 2 rings (SSSR count). The van der Waals surface area contributed by atoms with Crippen molar-refractivity contribution >= 4 is 23.7 Å². The number of nitrogens with one attached hydrogen (secondary N) is 1. The molecule has 22 heavy (non-hydrogen) atoms. The van der Waals surface area contributed by atoms with Crippen molar-refractivity contribution in [2.75, 3.05) is 0 Å². The van der Waals surface area contributed by atoms with E-state index in [0.717, 1.165) is 12.8 Å². The van der Waals surface area contributed by atoms with Crippen LogP contribution in [0.25, 0.3) is 0 Å². The van der Waals surface area contributed by atoms with Crippen LogP contribution in [0, 0.1) is 0 Å². The molecule has 1 amide bonds. The molecule has 1 N–H and O–H groups in total. The van der Waals surface area contributed by atoms with Gasteiger partial charge < -0.3 is 14.3 Å². The van der Waals surface area contributed by atoms with Crippen LogP contribution < -0.4 is 9.84 Å². The number of hydrogen-bond acceptors (Lipinski definition) is 3. The van der Waals surface area contributed by atoms with Crippen LogP contribution in [0.15, 0.2) is 36.4 Å². The number of rotatable bonds is 5. The molecule has 3 unspecified atom stereocenters. The van der Waals surface area contributed by atoms with E-state index in [1.165, 1.54) is 0 Å². The highest BCUT2D eigenvalue weighted by atomic mass is 31.0. The summed E-state index contributed by atoms with van der Waals surface area (Å²) in [5.41, 5.74) is 0.632. The molecule has 0 aliphatic heterocycles. The molecular weight excluding hydrogens is 313 g/mol. The second-order valence-corrected chi connectivity index (χ2v) is 11.1. The highest BCUT2D eigenvalue weighted by Gasteiger charge is 2.29. The quantitative estimate of drug-likeness (QED) is 0.508. The third kappa shape index (κ3) is 4.94. The Balaban J connectivity index is 2.03. The molecule has 0 saturated heterocycles. The molecule has 1 aromatic rings. The molecule has 0 heterocycles. The van der Waals surface area contributed by atoms with Crippen LogP contribution in [0.5, 0.6) is 5.75 Å². The molecule has 0 radical (unpaired) electrons. The fourth-order valence-corrected chi connectivity index (χ4v) is 3.79. The van der Waals surface area contributed by atoms with Gasteiger partial charge in [0.05, 0.1) is 21.6 Å². The van der Waals surface area contributed by atoms with Gasteiger partial charge in [0.15, 0.2) is 8.32 Å². The summed E-state index contributed by atoms with van der Waals surface area (Å²) in [5.74, 6) is 0.641. The normalized spacial score (nSPS) is 21.5. The minimum Gasteiger partial charge on any atom is -0.480 e. The highest BCUT2D eigenvalue weighted by molar-refractivity contribution is 7.10. The Morgan fingerprint density at radius 3 is 2.41 bits per heavy atom. The number of carbonyl (C=O) groups excluding carboxylic acids is 1. The fourth-order valence-electron chi connectivity index (χ4n) is 2.46. The third-order valence-electron chi connectivity index (χ3n) is 3.45. The molecule has 1 aliphatic rings. The maximum absolute atomic E-state index is 12.4. The second-order valence-electron chi connectivity index (χ2n) is 6.43. The molecular formula is C16H24NO3PSi. The predicted octanol–water partition coefficient (Wildman–Crippen LogP) is 3.52. The van der Waals surface area contributed by atoms with Crippen LogP contribution >= 0.6 is 9.47 Å². The SMILES string of the molecule is C[Si](C)(C)OC1CC=CCC1NC(=O)c1ccc(OP)cc1. The summed E-state index contributed by atoms with van der Waals surface area (Å²) in [6, 6.07) is 7.11. The first-order valence-corrected chi connectivity index (χ1v) is 11.4. The molecule has 0 fully saturated rings. The van der Waals surface area contributed by atoms with Gasteiger partial charge in [-0.25, -0.2) is 0 Å². The van der Waals surface area contributed by atoms with E-state index in [4.69, 9.17) is 8.95 Å². The smallest absolute Gasteiger partial charge is 0.251 e. The Kier molecular flexibility index (Phi) is 5.79. The van der Waals surface area contributed by atoms with Crippen LogP contribution in [-0.2, 0) is 4.43 Å². The standard InChI is InChI=1S/C16H24NO3PSi/c1-22(2,3)20-15-7-5-4-6-14(15)17-16(18)12-8-10-13(19-21)11-9-12/h4-5,8-11,14-15H,6-7,21H2,1-3H3,(H,17,18). The van der Waals surface area contributed by atoms with E-state index in [1.54, 1.807) is 24.3 Å². The lowest BCUT2D eigenvalue weighted by Gasteiger charge is -2.34. The van der Waals surface area contributed by atoms with Crippen LogP contribution in [0.3, 0.4) is 0 Å². The Hall–Kier alpha value is -1.16. The average Bonchev–Trinajstić information content (AvgIpc) is 2.48. The zero-order chi connectivity index (χ0) is 16.2. The maximum atomic E-state index is 12.4. The zero-order valence-corrected chi connectivity index (χ0v) is 15.5. The molecule has 120 valence electrons. The molecule has 4 nitrogen and oxygen atoms in total. The van der Waals surface area contributed by atoms with Gasteiger partial charge in [0.1, 0.15) is 5.75 Å². The van der Waals surface area contributed by atoms with Crippen LogP contribution in [0.2, 0.25) is 19.6 Å². The number of hydrogen-bond donors (Lipinski definition) is 1. The first kappa shape index (κ1) is 17.2. The summed E-state index contributed by atoms with van der Waals surface area (Å²) in [6.07, 6.45) is 5.98. The lowest BCUT2D eigenvalue weighted by atomic mass is 9.98. The van der Waals surface area contributed by atoms with E-state index in [1.807, 2.05) is 0 Å². The molecule has 3 atom stereocenters. The van der Waals surface area contributed by atoms with Gasteiger partial charge in [0, 0.05) is 5.56 Å². The predicted molar refractivity (Wildman–Crippen MR) is 94.6 cm³/mol. The van der Waals surface area contributed by atoms with Gasteiger partial charge in [-0.2, -0.15) is 0 Å². The minimum atomic E-state index is -1.63. The number of amides is 1. The van der Waals surface area contributed by atoms with Crippen molar-refractivity contribution in [1.29, 1.82) is 0 Å². The summed E-state index contributed by atoms with van der Waals surface area (Å²) in [7, 11) is 0.558. The molecule has 0 spiro atoms. The largest absolute Gasteiger partial charge is 0.480 e. The minimum absolute atomic E-state index is 0.0295. The van der Waals surface area contributed by atoms with Gasteiger partial charge in [-0.3, -0.25) is 4.79 Å². The molecule has 0 saturated carbocycles. The molecule has 0 aromatic heterocycles. The topological polar surface area (TPSA) is 47.6 Å². The van der Waals surface area contributed by atoms with Crippen molar-refractivity contribution in [3.8, 4) is 5.75 Å². The number of carbonyl (C=O) groups is 1. The van der Waals surface area contributed by atoms with Crippen molar-refractivity contribution in [3.63, 3.8) is 0 Å². The first-order valence-electron chi connectivity index (χ1n) is 7.49. The Bertz CT molecular complexity index is 539. The summed E-state index contributed by atoms with van der Waals surface area (Å²) < 4.78 is 11.2. The molecule has 0 bridgehead atoms.